The van der Waals surface area contributed by atoms with E-state index in [1.165, 1.54) is 0 Å². The van der Waals surface area contributed by atoms with Crippen LogP contribution in [0.4, 0.5) is 0 Å². The molecule has 0 heterocycles. The number of hydrogen-bond donors (Lipinski definition) is 1. The van der Waals surface area contributed by atoms with Crippen molar-refractivity contribution in [3.05, 3.63) is 42.0 Å². The predicted octanol–water partition coefficient (Wildman–Crippen LogP) is 3.51. The van der Waals surface area contributed by atoms with Gasteiger partial charge in [-0.2, -0.15) is 0 Å². The molecule has 0 unspecified atom stereocenters. The number of rotatable bonds is 2. The highest BCUT2D eigenvalue weighted by molar-refractivity contribution is 5.88. The molecule has 0 aliphatic heterocycles. The molecule has 2 heteroatoms. The Morgan fingerprint density at radius 3 is 2.53 bits per heavy atom. The van der Waals surface area contributed by atoms with Crippen molar-refractivity contribution in [1.29, 1.82) is 0 Å². The van der Waals surface area contributed by atoms with Gasteiger partial charge < -0.3 is 9.84 Å². The van der Waals surface area contributed by atoms with E-state index in [0.29, 0.717) is 0 Å². The summed E-state index contributed by atoms with van der Waals surface area (Å²) >= 11 is 0. The summed E-state index contributed by atoms with van der Waals surface area (Å²) in [5.74, 6) is 0.888. The van der Waals surface area contributed by atoms with Crippen LogP contribution in [0.5, 0.6) is 5.75 Å². The second kappa shape index (κ2) is 4.38. The van der Waals surface area contributed by atoms with Gasteiger partial charge in [-0.3, -0.25) is 0 Å². The van der Waals surface area contributed by atoms with Gasteiger partial charge in [0.15, 0.2) is 0 Å². The van der Waals surface area contributed by atoms with Crippen molar-refractivity contribution in [3.63, 3.8) is 0 Å². The Labute approximate surface area is 102 Å². The van der Waals surface area contributed by atoms with Crippen LogP contribution in [0.3, 0.4) is 0 Å². The third-order valence-corrected chi connectivity index (χ3v) is 2.50. The van der Waals surface area contributed by atoms with E-state index in [1.54, 1.807) is 0 Å². The molecule has 0 aliphatic carbocycles. The average Bonchev–Trinajstić information content (AvgIpc) is 2.26. The van der Waals surface area contributed by atoms with Gasteiger partial charge in [0.1, 0.15) is 11.4 Å². The molecule has 0 fully saturated rings. The molecule has 90 valence electrons. The topological polar surface area (TPSA) is 29.5 Å². The van der Waals surface area contributed by atoms with Gasteiger partial charge in [0.25, 0.3) is 0 Å². The fourth-order valence-corrected chi connectivity index (χ4v) is 1.82. The first-order chi connectivity index (χ1) is 7.99. The fourth-order valence-electron chi connectivity index (χ4n) is 1.82. The lowest BCUT2D eigenvalue weighted by Crippen LogP contribution is -2.23. The van der Waals surface area contributed by atoms with Crippen LogP contribution >= 0.6 is 0 Å². The number of aliphatic hydroxyl groups is 1. The third-order valence-electron chi connectivity index (χ3n) is 2.50. The van der Waals surface area contributed by atoms with Gasteiger partial charge in [0.2, 0.25) is 0 Å². The van der Waals surface area contributed by atoms with Crippen molar-refractivity contribution >= 4 is 10.8 Å². The quantitative estimate of drug-likeness (QED) is 0.855. The van der Waals surface area contributed by atoms with Crippen molar-refractivity contribution < 1.29 is 9.84 Å². The summed E-state index contributed by atoms with van der Waals surface area (Å²) < 4.78 is 5.93. The lowest BCUT2D eigenvalue weighted by molar-refractivity contribution is 0.133. The number of hydrogen-bond acceptors (Lipinski definition) is 2. The van der Waals surface area contributed by atoms with E-state index < -0.39 is 0 Å². The number of ether oxygens (including phenoxy) is 1. The normalized spacial score (nSPS) is 11.8. The van der Waals surface area contributed by atoms with Crippen LogP contribution in [0.2, 0.25) is 0 Å². The summed E-state index contributed by atoms with van der Waals surface area (Å²) in [4.78, 5) is 0. The maximum Gasteiger partial charge on any atom is 0.127 e. The first-order valence-corrected chi connectivity index (χ1v) is 5.81. The largest absolute Gasteiger partial charge is 0.488 e. The zero-order valence-electron chi connectivity index (χ0n) is 10.5. The molecular weight excluding hydrogens is 212 g/mol. The highest BCUT2D eigenvalue weighted by Gasteiger charge is 2.13. The van der Waals surface area contributed by atoms with Gasteiger partial charge >= 0.3 is 0 Å². The number of fused-ring (bicyclic) bond motifs is 1. The Bertz CT molecular complexity index is 524. The average molecular weight is 230 g/mol. The zero-order valence-corrected chi connectivity index (χ0v) is 10.5. The molecule has 0 radical (unpaired) electrons. The molecule has 0 aromatic heterocycles. The fraction of sp³-hybridized carbons (Fsp3) is 0.333. The maximum absolute atomic E-state index is 9.12. The maximum atomic E-state index is 9.12. The number of aliphatic hydroxyl groups excluding tert-OH is 1. The minimum Gasteiger partial charge on any atom is -0.488 e. The van der Waals surface area contributed by atoms with Gasteiger partial charge in [-0.15, -0.1) is 0 Å². The Kier molecular flexibility index (Phi) is 3.07. The van der Waals surface area contributed by atoms with Gasteiger partial charge in [-0.25, -0.2) is 0 Å². The molecule has 17 heavy (non-hydrogen) atoms. The summed E-state index contributed by atoms with van der Waals surface area (Å²) in [6.07, 6.45) is 0. The lowest BCUT2D eigenvalue weighted by Gasteiger charge is -2.22. The monoisotopic (exact) mass is 230 g/mol. The van der Waals surface area contributed by atoms with Crippen molar-refractivity contribution in [1.82, 2.24) is 0 Å². The van der Waals surface area contributed by atoms with E-state index in [1.807, 2.05) is 57.2 Å². The van der Waals surface area contributed by atoms with Crippen LogP contribution in [0.1, 0.15) is 26.3 Å². The molecule has 0 saturated carbocycles. The minimum absolute atomic E-state index is 0.0697. The summed E-state index contributed by atoms with van der Waals surface area (Å²) in [5.41, 5.74) is 0.717. The zero-order chi connectivity index (χ0) is 12.5. The second-order valence-corrected chi connectivity index (χ2v) is 5.18. The van der Waals surface area contributed by atoms with E-state index in [0.717, 1.165) is 22.1 Å². The second-order valence-electron chi connectivity index (χ2n) is 5.18. The van der Waals surface area contributed by atoms with Crippen LogP contribution in [0.25, 0.3) is 10.8 Å². The molecule has 2 aromatic rings. The summed E-state index contributed by atoms with van der Waals surface area (Å²) in [6, 6.07) is 11.9. The van der Waals surface area contributed by atoms with Gasteiger partial charge in [-0.05, 0) is 43.9 Å². The van der Waals surface area contributed by atoms with Gasteiger partial charge in [0.05, 0.1) is 6.61 Å². The van der Waals surface area contributed by atoms with Crippen LogP contribution in [-0.2, 0) is 6.61 Å². The number of benzene rings is 2. The Hall–Kier alpha value is -1.54. The van der Waals surface area contributed by atoms with Crippen molar-refractivity contribution in [2.45, 2.75) is 33.0 Å². The van der Waals surface area contributed by atoms with Crippen molar-refractivity contribution in [2.24, 2.45) is 0 Å². The standard InChI is InChI=1S/C15H18O2/c1-15(2,3)17-14-6-4-5-12-9-11(10-16)7-8-13(12)14/h4-9,16H,10H2,1-3H3. The van der Waals surface area contributed by atoms with E-state index in [2.05, 4.69) is 0 Å². The lowest BCUT2D eigenvalue weighted by atomic mass is 10.1. The molecule has 0 spiro atoms. The van der Waals surface area contributed by atoms with Crippen LogP contribution in [0, 0.1) is 0 Å². The Balaban J connectivity index is 2.51. The van der Waals surface area contributed by atoms with E-state index in [-0.39, 0.29) is 12.2 Å². The van der Waals surface area contributed by atoms with Crippen LogP contribution in [-0.4, -0.2) is 10.7 Å². The first kappa shape index (κ1) is 11.9. The van der Waals surface area contributed by atoms with Crippen molar-refractivity contribution in [3.8, 4) is 5.75 Å². The van der Waals surface area contributed by atoms with Crippen LogP contribution < -0.4 is 4.74 Å². The van der Waals surface area contributed by atoms with Gasteiger partial charge in [0, 0.05) is 5.39 Å². The highest BCUT2D eigenvalue weighted by atomic mass is 16.5. The molecule has 0 amide bonds. The highest BCUT2D eigenvalue weighted by Crippen LogP contribution is 2.29. The third kappa shape index (κ3) is 2.77. The summed E-state index contributed by atoms with van der Waals surface area (Å²) in [6.45, 7) is 6.18. The van der Waals surface area contributed by atoms with Gasteiger partial charge in [-0.1, -0.05) is 24.3 Å². The Morgan fingerprint density at radius 1 is 1.12 bits per heavy atom. The predicted molar refractivity (Wildman–Crippen MR) is 70.3 cm³/mol. The molecule has 0 atom stereocenters. The van der Waals surface area contributed by atoms with E-state index in [9.17, 15) is 0 Å². The molecule has 2 nitrogen and oxygen atoms in total. The molecule has 0 bridgehead atoms. The van der Waals surface area contributed by atoms with Crippen LogP contribution in [0.15, 0.2) is 36.4 Å². The summed E-state index contributed by atoms with van der Waals surface area (Å²) in [5, 5.41) is 11.3. The van der Waals surface area contributed by atoms with E-state index in [4.69, 9.17) is 9.84 Å². The van der Waals surface area contributed by atoms with E-state index >= 15 is 0 Å². The van der Waals surface area contributed by atoms with Crippen molar-refractivity contribution in [2.75, 3.05) is 0 Å². The summed E-state index contributed by atoms with van der Waals surface area (Å²) in [7, 11) is 0. The SMILES string of the molecule is CC(C)(C)Oc1cccc2cc(CO)ccc12. The first-order valence-electron chi connectivity index (χ1n) is 5.81. The molecule has 0 saturated heterocycles. The molecule has 2 aromatic carbocycles. The Morgan fingerprint density at radius 2 is 1.88 bits per heavy atom. The smallest absolute Gasteiger partial charge is 0.127 e. The molecular formula is C15H18O2. The minimum atomic E-state index is -0.204. The molecule has 0 aliphatic rings. The molecule has 1 N–H and O–H groups in total. The molecule has 2 rings (SSSR count).